The van der Waals surface area contributed by atoms with Crippen molar-refractivity contribution in [1.82, 2.24) is 5.32 Å². The summed E-state index contributed by atoms with van der Waals surface area (Å²) < 4.78 is 0. The highest BCUT2D eigenvalue weighted by atomic mass is 32.2. The quantitative estimate of drug-likeness (QED) is 0.903. The summed E-state index contributed by atoms with van der Waals surface area (Å²) in [4.78, 5) is 7.84. The van der Waals surface area contributed by atoms with Crippen molar-refractivity contribution in [3.63, 3.8) is 0 Å². The van der Waals surface area contributed by atoms with E-state index in [-0.39, 0.29) is 0 Å². The summed E-state index contributed by atoms with van der Waals surface area (Å²) in [7, 11) is 0. The molecule has 110 valence electrons. The Kier molecular flexibility index (Phi) is 4.72. The number of rotatable bonds is 3. The lowest BCUT2D eigenvalue weighted by Crippen LogP contribution is -2.38. The second-order valence-electron chi connectivity index (χ2n) is 6.12. The molecule has 0 saturated heterocycles. The molecule has 2 heterocycles. The summed E-state index contributed by atoms with van der Waals surface area (Å²) >= 11 is 3.84. The molecule has 0 amide bonds. The standard InChI is InChI=1S/C16H24N2S2/c1-11(9-14-8-7-12(2)20-14)17-16-18-15-6-4-3-5-13(15)10-19-16/h7-8,11,13,15H,3-6,9-10H2,1-2H3,(H,17,18). The summed E-state index contributed by atoms with van der Waals surface area (Å²) in [6.07, 6.45) is 6.57. The van der Waals surface area contributed by atoms with Gasteiger partial charge in [-0.15, -0.1) is 11.3 Å². The second-order valence-corrected chi connectivity index (χ2v) is 8.50. The smallest absolute Gasteiger partial charge is 0.157 e. The Morgan fingerprint density at radius 1 is 1.35 bits per heavy atom. The van der Waals surface area contributed by atoms with E-state index in [4.69, 9.17) is 4.99 Å². The van der Waals surface area contributed by atoms with E-state index in [9.17, 15) is 0 Å². The Hall–Kier alpha value is -0.480. The predicted octanol–water partition coefficient (Wildman–Crippen LogP) is 4.24. The fourth-order valence-corrected chi connectivity index (χ4v) is 5.44. The largest absolute Gasteiger partial charge is 0.362 e. The number of thioether (sulfide) groups is 1. The number of aliphatic imine (C=N–C) groups is 1. The maximum Gasteiger partial charge on any atom is 0.157 e. The number of thiophene rings is 1. The zero-order valence-electron chi connectivity index (χ0n) is 12.4. The van der Waals surface area contributed by atoms with Crippen LogP contribution in [0.25, 0.3) is 0 Å². The molecule has 1 aliphatic carbocycles. The van der Waals surface area contributed by atoms with E-state index in [1.165, 1.54) is 46.4 Å². The van der Waals surface area contributed by atoms with Crippen molar-refractivity contribution in [2.75, 3.05) is 5.75 Å². The van der Waals surface area contributed by atoms with Crippen LogP contribution in [0.15, 0.2) is 17.1 Å². The molecule has 0 bridgehead atoms. The molecule has 1 saturated carbocycles. The van der Waals surface area contributed by atoms with Crippen LogP contribution in [0, 0.1) is 12.8 Å². The number of hydrogen-bond acceptors (Lipinski definition) is 4. The van der Waals surface area contributed by atoms with Crippen LogP contribution in [0.1, 0.15) is 42.4 Å². The van der Waals surface area contributed by atoms with Crippen LogP contribution in [0.3, 0.4) is 0 Å². The van der Waals surface area contributed by atoms with Gasteiger partial charge in [0.25, 0.3) is 0 Å². The SMILES string of the molecule is Cc1ccc(CC(C)NC2=NC3CCCCC3CS2)s1. The first-order valence-electron chi connectivity index (χ1n) is 7.73. The number of aryl methyl sites for hydroxylation is 1. The molecule has 2 aliphatic rings. The zero-order chi connectivity index (χ0) is 13.9. The van der Waals surface area contributed by atoms with E-state index >= 15 is 0 Å². The molecule has 0 radical (unpaired) electrons. The molecule has 0 spiro atoms. The normalized spacial score (nSPS) is 27.6. The van der Waals surface area contributed by atoms with Gasteiger partial charge in [0, 0.05) is 28.0 Å². The van der Waals surface area contributed by atoms with E-state index in [0.717, 1.165) is 12.3 Å². The minimum absolute atomic E-state index is 0.472. The maximum atomic E-state index is 4.96. The third-order valence-corrected chi connectivity index (χ3v) is 6.37. The summed E-state index contributed by atoms with van der Waals surface area (Å²) in [5, 5.41) is 4.82. The van der Waals surface area contributed by atoms with Gasteiger partial charge in [0.2, 0.25) is 0 Å². The summed E-state index contributed by atoms with van der Waals surface area (Å²) in [6.45, 7) is 4.45. The van der Waals surface area contributed by atoms with Gasteiger partial charge >= 0.3 is 0 Å². The van der Waals surface area contributed by atoms with Gasteiger partial charge < -0.3 is 5.32 Å². The Bertz CT molecular complexity index is 481. The van der Waals surface area contributed by atoms with E-state index in [2.05, 4.69) is 31.3 Å². The fraction of sp³-hybridized carbons (Fsp3) is 0.688. The molecule has 1 aromatic rings. The first-order chi connectivity index (χ1) is 9.70. The van der Waals surface area contributed by atoms with Crippen LogP contribution >= 0.6 is 23.1 Å². The van der Waals surface area contributed by atoms with Gasteiger partial charge in [-0.05, 0) is 44.7 Å². The predicted molar refractivity (Wildman–Crippen MR) is 91.0 cm³/mol. The third kappa shape index (κ3) is 3.59. The molecule has 3 atom stereocenters. The lowest BCUT2D eigenvalue weighted by Gasteiger charge is -2.33. The van der Waals surface area contributed by atoms with Crippen molar-refractivity contribution >= 4 is 28.3 Å². The first-order valence-corrected chi connectivity index (χ1v) is 9.53. The Balaban J connectivity index is 1.55. The van der Waals surface area contributed by atoms with Gasteiger partial charge in [-0.2, -0.15) is 0 Å². The molecular formula is C16H24N2S2. The van der Waals surface area contributed by atoms with E-state index < -0.39 is 0 Å². The zero-order valence-corrected chi connectivity index (χ0v) is 14.0. The molecule has 0 aromatic carbocycles. The summed E-state index contributed by atoms with van der Waals surface area (Å²) in [5.74, 6) is 2.11. The average molecular weight is 309 g/mol. The molecule has 1 aliphatic heterocycles. The molecule has 1 fully saturated rings. The van der Waals surface area contributed by atoms with Gasteiger partial charge in [-0.1, -0.05) is 24.6 Å². The van der Waals surface area contributed by atoms with Crippen molar-refractivity contribution < 1.29 is 0 Å². The highest BCUT2D eigenvalue weighted by Crippen LogP contribution is 2.33. The molecule has 4 heteroatoms. The first kappa shape index (κ1) is 14.5. The minimum atomic E-state index is 0.472. The summed E-state index contributed by atoms with van der Waals surface area (Å²) in [6, 6.07) is 5.54. The van der Waals surface area contributed by atoms with Crippen LogP contribution in [-0.4, -0.2) is 23.0 Å². The summed E-state index contributed by atoms with van der Waals surface area (Å²) in [5.41, 5.74) is 0. The van der Waals surface area contributed by atoms with Gasteiger partial charge in [-0.3, -0.25) is 4.99 Å². The number of nitrogens with zero attached hydrogens (tertiary/aromatic N) is 1. The van der Waals surface area contributed by atoms with Crippen LogP contribution in [0.5, 0.6) is 0 Å². The van der Waals surface area contributed by atoms with Crippen LogP contribution in [0.4, 0.5) is 0 Å². The molecule has 2 nitrogen and oxygen atoms in total. The molecule has 3 rings (SSSR count). The van der Waals surface area contributed by atoms with E-state index in [0.29, 0.717) is 12.1 Å². The molecule has 20 heavy (non-hydrogen) atoms. The topological polar surface area (TPSA) is 24.4 Å². The lowest BCUT2D eigenvalue weighted by atomic mass is 9.86. The van der Waals surface area contributed by atoms with Gasteiger partial charge in [-0.25, -0.2) is 0 Å². The maximum absolute atomic E-state index is 4.96. The number of fused-ring (bicyclic) bond motifs is 1. The van der Waals surface area contributed by atoms with E-state index in [1.54, 1.807) is 0 Å². The number of amidine groups is 1. The fourth-order valence-electron chi connectivity index (χ4n) is 3.16. The molecular weight excluding hydrogens is 284 g/mol. The Morgan fingerprint density at radius 2 is 2.20 bits per heavy atom. The minimum Gasteiger partial charge on any atom is -0.362 e. The second kappa shape index (κ2) is 6.52. The Morgan fingerprint density at radius 3 is 3.00 bits per heavy atom. The van der Waals surface area contributed by atoms with Crippen molar-refractivity contribution in [3.8, 4) is 0 Å². The van der Waals surface area contributed by atoms with Gasteiger partial charge in [0.1, 0.15) is 0 Å². The van der Waals surface area contributed by atoms with Crippen LogP contribution < -0.4 is 5.32 Å². The third-order valence-electron chi connectivity index (χ3n) is 4.26. The monoisotopic (exact) mass is 308 g/mol. The van der Waals surface area contributed by atoms with Crippen LogP contribution in [-0.2, 0) is 6.42 Å². The van der Waals surface area contributed by atoms with Gasteiger partial charge in [0.15, 0.2) is 5.17 Å². The number of hydrogen-bond donors (Lipinski definition) is 1. The molecule has 1 N–H and O–H groups in total. The highest BCUT2D eigenvalue weighted by Gasteiger charge is 2.29. The van der Waals surface area contributed by atoms with Crippen molar-refractivity contribution in [2.24, 2.45) is 10.9 Å². The molecule has 1 aromatic heterocycles. The highest BCUT2D eigenvalue weighted by molar-refractivity contribution is 8.13. The van der Waals surface area contributed by atoms with Crippen molar-refractivity contribution in [3.05, 3.63) is 21.9 Å². The van der Waals surface area contributed by atoms with E-state index in [1.807, 2.05) is 23.1 Å². The molecule has 3 unspecified atom stereocenters. The average Bonchev–Trinajstić information content (AvgIpc) is 2.83. The number of nitrogens with one attached hydrogen (secondary N) is 1. The van der Waals surface area contributed by atoms with Crippen molar-refractivity contribution in [1.29, 1.82) is 0 Å². The van der Waals surface area contributed by atoms with Gasteiger partial charge in [0.05, 0.1) is 6.04 Å². The van der Waals surface area contributed by atoms with Crippen LogP contribution in [0.2, 0.25) is 0 Å². The lowest BCUT2D eigenvalue weighted by molar-refractivity contribution is 0.335. The Labute approximate surface area is 130 Å². The van der Waals surface area contributed by atoms with Crippen molar-refractivity contribution in [2.45, 2.75) is 58.0 Å².